The molecule has 0 bridgehead atoms. The highest BCUT2D eigenvalue weighted by Gasteiger charge is 2.17. The van der Waals surface area contributed by atoms with E-state index < -0.39 is 10.0 Å². The van der Waals surface area contributed by atoms with Crippen LogP contribution in [0.25, 0.3) is 10.1 Å². The fourth-order valence-corrected chi connectivity index (χ4v) is 5.24. The summed E-state index contributed by atoms with van der Waals surface area (Å²) in [4.78, 5) is 12.0. The van der Waals surface area contributed by atoms with Crippen LogP contribution in [0.4, 0.5) is 0 Å². The molecule has 3 aromatic rings. The zero-order chi connectivity index (χ0) is 19.3. The predicted octanol–water partition coefficient (Wildman–Crippen LogP) is 3.58. The van der Waals surface area contributed by atoms with Crippen molar-refractivity contribution >= 4 is 49.0 Å². The Labute approximate surface area is 167 Å². The lowest BCUT2D eigenvalue weighted by atomic mass is 10.1. The lowest BCUT2D eigenvalue weighted by Crippen LogP contribution is -2.31. The van der Waals surface area contributed by atoms with Crippen LogP contribution in [0.2, 0.25) is 5.02 Å². The van der Waals surface area contributed by atoms with Gasteiger partial charge in [0.1, 0.15) is 4.90 Å². The molecule has 142 valence electrons. The molecule has 0 fully saturated rings. The van der Waals surface area contributed by atoms with Gasteiger partial charge in [0.15, 0.2) is 0 Å². The molecule has 0 saturated heterocycles. The topological polar surface area (TPSA) is 75.3 Å². The van der Waals surface area contributed by atoms with Crippen LogP contribution in [0.15, 0.2) is 58.8 Å². The Balaban J connectivity index is 1.44. The number of benzene rings is 2. The maximum absolute atomic E-state index is 12.2. The lowest BCUT2D eigenvalue weighted by Gasteiger charge is -2.08. The molecule has 0 aliphatic rings. The smallest absolute Gasteiger partial charge is 0.242 e. The summed E-state index contributed by atoms with van der Waals surface area (Å²) in [5.74, 6) is -0.198. The van der Waals surface area contributed by atoms with E-state index in [4.69, 9.17) is 11.6 Å². The highest BCUT2D eigenvalue weighted by atomic mass is 35.5. The second kappa shape index (κ2) is 8.84. The van der Waals surface area contributed by atoms with Gasteiger partial charge >= 0.3 is 0 Å². The molecule has 1 aromatic heterocycles. The Bertz CT molecular complexity index is 1050. The van der Waals surface area contributed by atoms with Crippen molar-refractivity contribution < 1.29 is 13.2 Å². The van der Waals surface area contributed by atoms with Gasteiger partial charge in [-0.05, 0) is 40.9 Å². The molecule has 0 aliphatic heterocycles. The number of carbonyl (C=O) groups is 1. The number of halogens is 1. The molecule has 0 saturated carbocycles. The van der Waals surface area contributed by atoms with Crippen molar-refractivity contribution in [2.24, 2.45) is 0 Å². The van der Waals surface area contributed by atoms with Gasteiger partial charge in [0.05, 0.1) is 5.02 Å². The molecule has 0 atom stereocenters. The second-order valence-corrected chi connectivity index (χ2v) is 8.99. The highest BCUT2D eigenvalue weighted by Crippen LogP contribution is 2.25. The standard InChI is InChI=1S/C19H19ClN2O3S2/c20-16-6-2-4-8-18(16)27(24,25)22-12-10-19(23)21-11-9-14-13-26-17-7-3-1-5-15(14)17/h1-8,13,22H,9-12H2,(H,21,23). The summed E-state index contributed by atoms with van der Waals surface area (Å²) in [6.45, 7) is 0.525. The Morgan fingerprint density at radius 3 is 2.59 bits per heavy atom. The minimum Gasteiger partial charge on any atom is -0.356 e. The largest absolute Gasteiger partial charge is 0.356 e. The average molecular weight is 423 g/mol. The molecule has 2 aromatic carbocycles. The summed E-state index contributed by atoms with van der Waals surface area (Å²) < 4.78 is 28.0. The summed E-state index contributed by atoms with van der Waals surface area (Å²) in [6.07, 6.45) is 0.801. The van der Waals surface area contributed by atoms with Gasteiger partial charge in [0.25, 0.3) is 0 Å². The molecule has 0 unspecified atom stereocenters. The maximum Gasteiger partial charge on any atom is 0.242 e. The number of hydrogen-bond acceptors (Lipinski definition) is 4. The van der Waals surface area contributed by atoms with Crippen molar-refractivity contribution in [1.82, 2.24) is 10.0 Å². The van der Waals surface area contributed by atoms with Crippen LogP contribution in [0.3, 0.4) is 0 Å². The first-order chi connectivity index (χ1) is 13.0. The number of nitrogens with one attached hydrogen (secondary N) is 2. The average Bonchev–Trinajstić information content (AvgIpc) is 3.05. The van der Waals surface area contributed by atoms with Crippen LogP contribution in [-0.2, 0) is 21.2 Å². The molecule has 5 nitrogen and oxygen atoms in total. The van der Waals surface area contributed by atoms with E-state index in [1.165, 1.54) is 27.8 Å². The van der Waals surface area contributed by atoms with E-state index in [0.717, 1.165) is 6.42 Å². The molecule has 0 radical (unpaired) electrons. The normalized spacial score (nSPS) is 11.6. The SMILES string of the molecule is O=C(CCNS(=O)(=O)c1ccccc1Cl)NCCc1csc2ccccc12. The van der Waals surface area contributed by atoms with Gasteiger partial charge in [0.2, 0.25) is 15.9 Å². The van der Waals surface area contributed by atoms with Gasteiger partial charge in [-0.25, -0.2) is 13.1 Å². The number of sulfonamides is 1. The van der Waals surface area contributed by atoms with Crippen molar-refractivity contribution in [1.29, 1.82) is 0 Å². The van der Waals surface area contributed by atoms with E-state index in [0.29, 0.717) is 6.54 Å². The van der Waals surface area contributed by atoms with Crippen LogP contribution >= 0.6 is 22.9 Å². The third kappa shape index (κ3) is 5.07. The van der Waals surface area contributed by atoms with Crippen LogP contribution in [0.1, 0.15) is 12.0 Å². The molecule has 3 rings (SSSR count). The number of carbonyl (C=O) groups excluding carboxylic acids is 1. The van der Waals surface area contributed by atoms with Gasteiger partial charge in [-0.2, -0.15) is 0 Å². The van der Waals surface area contributed by atoms with Crippen molar-refractivity contribution in [2.75, 3.05) is 13.1 Å². The summed E-state index contributed by atoms with van der Waals surface area (Å²) >= 11 is 7.60. The molecular formula is C19H19ClN2O3S2. The summed E-state index contributed by atoms with van der Waals surface area (Å²) in [7, 11) is -3.73. The van der Waals surface area contributed by atoms with Crippen LogP contribution in [0.5, 0.6) is 0 Å². The van der Waals surface area contributed by atoms with E-state index >= 15 is 0 Å². The van der Waals surface area contributed by atoms with E-state index in [1.54, 1.807) is 23.5 Å². The fraction of sp³-hybridized carbons (Fsp3) is 0.211. The van der Waals surface area contributed by atoms with Crippen LogP contribution in [-0.4, -0.2) is 27.4 Å². The first kappa shape index (κ1) is 19.8. The minimum absolute atomic E-state index is 0.0106. The Kier molecular flexibility index (Phi) is 6.49. The summed E-state index contributed by atoms with van der Waals surface area (Å²) in [6, 6.07) is 14.4. The van der Waals surface area contributed by atoms with Crippen molar-refractivity contribution in [3.63, 3.8) is 0 Å². The first-order valence-electron chi connectivity index (χ1n) is 8.43. The van der Waals surface area contributed by atoms with E-state index in [-0.39, 0.29) is 28.8 Å². The Hall–Kier alpha value is -1.93. The quantitative estimate of drug-likeness (QED) is 0.582. The zero-order valence-corrected chi connectivity index (χ0v) is 16.8. The molecule has 27 heavy (non-hydrogen) atoms. The van der Waals surface area contributed by atoms with Crippen LogP contribution < -0.4 is 10.0 Å². The minimum atomic E-state index is -3.73. The number of thiophene rings is 1. The van der Waals surface area contributed by atoms with Gasteiger partial charge < -0.3 is 5.32 Å². The molecule has 1 heterocycles. The van der Waals surface area contributed by atoms with E-state index in [1.807, 2.05) is 12.1 Å². The third-order valence-electron chi connectivity index (χ3n) is 4.05. The van der Waals surface area contributed by atoms with Gasteiger partial charge in [-0.15, -0.1) is 11.3 Å². The number of rotatable bonds is 8. The third-order valence-corrected chi connectivity index (χ3v) is 7.02. The van der Waals surface area contributed by atoms with Crippen molar-refractivity contribution in [2.45, 2.75) is 17.7 Å². The molecule has 0 aliphatic carbocycles. The Morgan fingerprint density at radius 2 is 1.78 bits per heavy atom. The first-order valence-corrected chi connectivity index (χ1v) is 11.2. The van der Waals surface area contributed by atoms with E-state index in [2.05, 4.69) is 27.6 Å². The molecular weight excluding hydrogens is 404 g/mol. The molecule has 1 amide bonds. The summed E-state index contributed by atoms with van der Waals surface area (Å²) in [5.41, 5.74) is 1.20. The van der Waals surface area contributed by atoms with Crippen LogP contribution in [0, 0.1) is 0 Å². The van der Waals surface area contributed by atoms with Gasteiger partial charge in [-0.3, -0.25) is 4.79 Å². The van der Waals surface area contributed by atoms with Crippen molar-refractivity contribution in [3.8, 4) is 0 Å². The summed E-state index contributed by atoms with van der Waals surface area (Å²) in [5, 5.41) is 6.30. The highest BCUT2D eigenvalue weighted by molar-refractivity contribution is 7.89. The zero-order valence-electron chi connectivity index (χ0n) is 14.4. The number of amides is 1. The maximum atomic E-state index is 12.2. The van der Waals surface area contributed by atoms with E-state index in [9.17, 15) is 13.2 Å². The monoisotopic (exact) mass is 422 g/mol. The predicted molar refractivity (Wildman–Crippen MR) is 110 cm³/mol. The lowest BCUT2D eigenvalue weighted by molar-refractivity contribution is -0.120. The molecule has 2 N–H and O–H groups in total. The molecule has 8 heteroatoms. The van der Waals surface area contributed by atoms with Gasteiger partial charge in [-0.1, -0.05) is 41.9 Å². The number of fused-ring (bicyclic) bond motifs is 1. The Morgan fingerprint density at radius 1 is 1.04 bits per heavy atom. The van der Waals surface area contributed by atoms with Crippen molar-refractivity contribution in [3.05, 3.63) is 64.5 Å². The molecule has 0 spiro atoms. The number of hydrogen-bond donors (Lipinski definition) is 2. The van der Waals surface area contributed by atoms with Gasteiger partial charge in [0, 0.05) is 24.2 Å². The second-order valence-electron chi connectivity index (χ2n) is 5.94. The fourth-order valence-electron chi connectivity index (χ4n) is 2.69.